The number of unbranched alkanes of at least 4 members (excludes halogenated alkanes) is 1. The van der Waals surface area contributed by atoms with Gasteiger partial charge in [0.1, 0.15) is 6.61 Å². The molecule has 0 saturated carbocycles. The predicted octanol–water partition coefficient (Wildman–Crippen LogP) is 1.54. The molecule has 0 spiro atoms. The second-order valence-electron chi connectivity index (χ2n) is 2.44. The number of hydrogen-bond acceptors (Lipinski definition) is 4. The van der Waals surface area contributed by atoms with Gasteiger partial charge in [0.2, 0.25) is 0 Å². The molecule has 6 heteroatoms. The minimum Gasteiger partial charge on any atom is -0.750 e. The molecule has 1 N–H and O–H groups in total. The number of oxime groups is 1. The van der Waals surface area contributed by atoms with E-state index in [1.165, 1.54) is 0 Å². The van der Waals surface area contributed by atoms with Crippen LogP contribution in [0.15, 0.2) is 5.16 Å². The normalized spacial score (nSPS) is 10.8. The van der Waals surface area contributed by atoms with Crippen molar-refractivity contribution in [2.45, 2.75) is 33.6 Å². The van der Waals surface area contributed by atoms with Crippen LogP contribution < -0.4 is 0 Å². The van der Waals surface area contributed by atoms with Crippen LogP contribution in [0.4, 0.5) is 0 Å². The van der Waals surface area contributed by atoms with Crippen molar-refractivity contribution in [1.82, 2.24) is 0 Å². The van der Waals surface area contributed by atoms with Crippen molar-refractivity contribution in [1.29, 1.82) is 0 Å². The molecule has 1 atom stereocenters. The van der Waals surface area contributed by atoms with E-state index in [4.69, 9.17) is 18.2 Å². The van der Waals surface area contributed by atoms with Crippen molar-refractivity contribution >= 4 is 17.1 Å². The highest BCUT2D eigenvalue weighted by Crippen LogP contribution is 1.88. The summed E-state index contributed by atoms with van der Waals surface area (Å²) in [5.41, 5.74) is 0.978. The molecular weight excluding hydrogens is 194 g/mol. The average Bonchev–Trinajstić information content (AvgIpc) is 1.97. The van der Waals surface area contributed by atoms with Crippen molar-refractivity contribution in [3.8, 4) is 0 Å². The van der Waals surface area contributed by atoms with Crippen LogP contribution >= 0.6 is 0 Å². The highest BCUT2D eigenvalue weighted by atomic mass is 32.2. The van der Waals surface area contributed by atoms with Crippen LogP contribution in [0.5, 0.6) is 0 Å². The first-order chi connectivity index (χ1) is 6.00. The lowest BCUT2D eigenvalue weighted by Crippen LogP contribution is -1.89. The zero-order chi connectivity index (χ0) is 10.7. The summed E-state index contributed by atoms with van der Waals surface area (Å²) in [6.45, 7) is 6.73. The van der Waals surface area contributed by atoms with Gasteiger partial charge >= 0.3 is 0 Å². The maximum absolute atomic E-state index is 8.56. The van der Waals surface area contributed by atoms with Gasteiger partial charge in [-0.25, -0.2) is 4.21 Å². The molecule has 0 aromatic rings. The largest absolute Gasteiger partial charge is 0.750 e. The van der Waals surface area contributed by atoms with Gasteiger partial charge in [0.15, 0.2) is 0 Å². The number of nitrogens with zero attached hydrogens (tertiary/aromatic N) is 1. The molecule has 0 heterocycles. The first-order valence-electron chi connectivity index (χ1n) is 3.92. The molecule has 0 amide bonds. The minimum absolute atomic E-state index is 0.752. The summed E-state index contributed by atoms with van der Waals surface area (Å²) in [4.78, 5) is 4.92. The second kappa shape index (κ2) is 11.5. The summed E-state index contributed by atoms with van der Waals surface area (Å²) in [6.07, 6.45) is 2.26. The standard InChI is InChI=1S/C7H15NO.H2O3S/c1-4-5-6-9-8-7(2)3;1-4(2)3/h4-6H2,1-3H3;(H2,1,2,3)/p-1. The van der Waals surface area contributed by atoms with Crippen LogP contribution in [-0.2, 0) is 16.2 Å². The van der Waals surface area contributed by atoms with E-state index in [9.17, 15) is 0 Å². The molecule has 13 heavy (non-hydrogen) atoms. The monoisotopic (exact) mass is 210 g/mol. The SMILES string of the molecule is CCCCON=C(C)C.O=S([O-])O. The third-order valence-electron chi connectivity index (χ3n) is 0.836. The lowest BCUT2D eigenvalue weighted by Gasteiger charge is -1.95. The van der Waals surface area contributed by atoms with Crippen molar-refractivity contribution in [3.05, 3.63) is 0 Å². The molecule has 0 fully saturated rings. The molecule has 0 saturated heterocycles. The highest BCUT2D eigenvalue weighted by Gasteiger charge is 1.81. The van der Waals surface area contributed by atoms with Gasteiger partial charge in [-0.2, -0.15) is 0 Å². The first kappa shape index (κ1) is 15.0. The third kappa shape index (κ3) is 34.2. The third-order valence-corrected chi connectivity index (χ3v) is 0.836. The smallest absolute Gasteiger partial charge is 0.117 e. The lowest BCUT2D eigenvalue weighted by molar-refractivity contribution is 0.141. The van der Waals surface area contributed by atoms with Crippen molar-refractivity contribution in [2.24, 2.45) is 5.16 Å². The Labute approximate surface area is 81.3 Å². The molecule has 0 aromatic carbocycles. The molecule has 1 unspecified atom stereocenters. The fourth-order valence-electron chi connectivity index (χ4n) is 0.384. The molecule has 5 nitrogen and oxygen atoms in total. The average molecular weight is 210 g/mol. The van der Waals surface area contributed by atoms with Gasteiger partial charge in [-0.3, -0.25) is 0 Å². The van der Waals surface area contributed by atoms with E-state index in [2.05, 4.69) is 12.1 Å². The Morgan fingerprint density at radius 1 is 1.62 bits per heavy atom. The van der Waals surface area contributed by atoms with E-state index in [0.717, 1.165) is 25.2 Å². The molecule has 0 radical (unpaired) electrons. The van der Waals surface area contributed by atoms with Crippen LogP contribution in [0.3, 0.4) is 0 Å². The van der Waals surface area contributed by atoms with Crippen LogP contribution in [0, 0.1) is 0 Å². The van der Waals surface area contributed by atoms with Gasteiger partial charge < -0.3 is 13.9 Å². The van der Waals surface area contributed by atoms with E-state index in [-0.39, 0.29) is 0 Å². The van der Waals surface area contributed by atoms with Crippen LogP contribution in [0.1, 0.15) is 33.6 Å². The summed E-state index contributed by atoms with van der Waals surface area (Å²) in [6, 6.07) is 0. The van der Waals surface area contributed by atoms with E-state index in [0.29, 0.717) is 0 Å². The zero-order valence-electron chi connectivity index (χ0n) is 8.15. The van der Waals surface area contributed by atoms with Gasteiger partial charge in [0.05, 0.1) is 17.1 Å². The van der Waals surface area contributed by atoms with E-state index in [1.54, 1.807) is 0 Å². The van der Waals surface area contributed by atoms with Gasteiger partial charge in [-0.1, -0.05) is 18.5 Å². The summed E-state index contributed by atoms with van der Waals surface area (Å²) in [5.74, 6) is 0. The Hall–Kier alpha value is -0.460. The Morgan fingerprint density at radius 2 is 2.08 bits per heavy atom. The summed E-state index contributed by atoms with van der Waals surface area (Å²) in [5, 5.41) is 3.78. The Kier molecular flexibility index (Phi) is 13.3. The Morgan fingerprint density at radius 3 is 2.38 bits per heavy atom. The molecular formula is C7H16NO4S-. The summed E-state index contributed by atoms with van der Waals surface area (Å²) >= 11 is -2.86. The van der Waals surface area contributed by atoms with Crippen molar-refractivity contribution in [2.75, 3.05) is 6.61 Å². The van der Waals surface area contributed by atoms with Crippen molar-refractivity contribution in [3.63, 3.8) is 0 Å². The molecule has 0 aromatic heterocycles. The fourth-order valence-corrected chi connectivity index (χ4v) is 0.384. The van der Waals surface area contributed by atoms with E-state index < -0.39 is 11.4 Å². The van der Waals surface area contributed by atoms with Gasteiger partial charge in [-0.05, 0) is 20.3 Å². The van der Waals surface area contributed by atoms with Crippen LogP contribution in [-0.4, -0.2) is 25.6 Å². The first-order valence-corrected chi connectivity index (χ1v) is 4.95. The molecule has 0 aliphatic carbocycles. The Balaban J connectivity index is 0. The molecule has 80 valence electrons. The van der Waals surface area contributed by atoms with E-state index in [1.807, 2.05) is 13.8 Å². The van der Waals surface area contributed by atoms with Gasteiger partial charge in [0.25, 0.3) is 0 Å². The fraction of sp³-hybridized carbons (Fsp3) is 0.857. The van der Waals surface area contributed by atoms with Gasteiger partial charge in [0, 0.05) is 0 Å². The highest BCUT2D eigenvalue weighted by molar-refractivity contribution is 7.73. The van der Waals surface area contributed by atoms with Crippen molar-refractivity contribution < 1.29 is 18.2 Å². The predicted molar refractivity (Wildman–Crippen MR) is 51.2 cm³/mol. The quantitative estimate of drug-likeness (QED) is 0.330. The molecule has 0 aliphatic rings. The Bertz CT molecular complexity index is 153. The maximum Gasteiger partial charge on any atom is 0.117 e. The maximum atomic E-state index is 8.56. The second-order valence-corrected chi connectivity index (χ2v) is 2.88. The molecule has 0 rings (SSSR count). The molecule has 0 bridgehead atoms. The van der Waals surface area contributed by atoms with E-state index >= 15 is 0 Å². The van der Waals surface area contributed by atoms with Crippen LogP contribution in [0.25, 0.3) is 0 Å². The zero-order valence-corrected chi connectivity index (χ0v) is 8.97. The minimum atomic E-state index is -2.86. The summed E-state index contributed by atoms with van der Waals surface area (Å²) < 4.78 is 24.1. The lowest BCUT2D eigenvalue weighted by atomic mass is 10.4. The van der Waals surface area contributed by atoms with Gasteiger partial charge in [-0.15, -0.1) is 0 Å². The topological polar surface area (TPSA) is 82.0 Å². The number of rotatable bonds is 4. The van der Waals surface area contributed by atoms with Crippen LogP contribution in [0.2, 0.25) is 0 Å². The number of hydrogen-bond donors (Lipinski definition) is 1. The summed E-state index contributed by atoms with van der Waals surface area (Å²) in [7, 11) is 0. The molecule has 0 aliphatic heterocycles.